The number of anilines is 1. The molecule has 0 saturated heterocycles. The summed E-state index contributed by atoms with van der Waals surface area (Å²) >= 11 is 6.02. The Balaban J connectivity index is 1.74. The van der Waals surface area contributed by atoms with Crippen molar-refractivity contribution in [3.8, 4) is 0 Å². The molecule has 0 amide bonds. The molecule has 2 fully saturated rings. The number of phosphoric acid groups is 2. The normalized spacial score (nSPS) is 29.1. The largest absolute Gasteiger partial charge is 0.469 e. The third kappa shape index (κ3) is 3.90. The standard InChI is InChI=1S/C14H20ClN5O8P2/c1-16-11-10-12(19-13(15)18-11)20(6-17-10)8-4-9(28-30(24,25)26)14(3-2-7(8)14)5-27-29(21,22)23/h6-9H,2-5H2,1H3,(H,16,18,19)(H2,21,22,23)(H2,24,25,26)/t7-,8+,9+,14+/m1/s1. The summed E-state index contributed by atoms with van der Waals surface area (Å²) in [4.78, 5) is 49.7. The number of nitrogens with zero attached hydrogens (tertiary/aromatic N) is 4. The van der Waals surface area contributed by atoms with Gasteiger partial charge < -0.3 is 29.5 Å². The number of rotatable bonds is 7. The third-order valence-electron chi connectivity index (χ3n) is 5.97. The maximum absolute atomic E-state index is 11.6. The van der Waals surface area contributed by atoms with Crippen LogP contribution in [0.15, 0.2) is 6.33 Å². The highest BCUT2D eigenvalue weighted by Crippen LogP contribution is 2.66. The van der Waals surface area contributed by atoms with Crippen molar-refractivity contribution in [2.75, 3.05) is 19.0 Å². The number of imidazole rings is 1. The molecule has 166 valence electrons. The summed E-state index contributed by atoms with van der Waals surface area (Å²) in [5.74, 6) is 0.194. The minimum atomic E-state index is -4.85. The maximum atomic E-state index is 11.6. The van der Waals surface area contributed by atoms with Gasteiger partial charge in [-0.15, -0.1) is 0 Å². The summed E-state index contributed by atoms with van der Waals surface area (Å²) in [5.41, 5.74) is -0.0675. The van der Waals surface area contributed by atoms with Crippen molar-refractivity contribution in [1.82, 2.24) is 19.5 Å². The monoisotopic (exact) mass is 483 g/mol. The van der Waals surface area contributed by atoms with Gasteiger partial charge in [0.2, 0.25) is 5.28 Å². The fraction of sp³-hybridized carbons (Fsp3) is 0.643. The molecule has 0 radical (unpaired) electrons. The summed E-state index contributed by atoms with van der Waals surface area (Å²) < 4.78 is 34.3. The molecule has 2 heterocycles. The molecule has 2 saturated carbocycles. The van der Waals surface area contributed by atoms with Gasteiger partial charge in [0.1, 0.15) is 0 Å². The Labute approximate surface area is 175 Å². The van der Waals surface area contributed by atoms with Crippen molar-refractivity contribution in [3.63, 3.8) is 0 Å². The molecule has 0 aromatic carbocycles. The zero-order valence-electron chi connectivity index (χ0n) is 15.6. The zero-order valence-corrected chi connectivity index (χ0v) is 18.2. The summed E-state index contributed by atoms with van der Waals surface area (Å²) in [5, 5.41) is 2.89. The lowest BCUT2D eigenvalue weighted by Crippen LogP contribution is -2.48. The molecular weight excluding hydrogens is 464 g/mol. The minimum absolute atomic E-state index is 0.000630. The average Bonchev–Trinajstić information content (AvgIpc) is 3.08. The predicted molar refractivity (Wildman–Crippen MR) is 104 cm³/mol. The highest BCUT2D eigenvalue weighted by atomic mass is 35.5. The van der Waals surface area contributed by atoms with E-state index < -0.39 is 33.8 Å². The van der Waals surface area contributed by atoms with E-state index in [1.54, 1.807) is 11.6 Å². The molecule has 30 heavy (non-hydrogen) atoms. The second-order valence-corrected chi connectivity index (χ2v) is 10.2. The van der Waals surface area contributed by atoms with Gasteiger partial charge in [0.25, 0.3) is 0 Å². The zero-order chi connectivity index (χ0) is 21.9. The number of halogens is 1. The van der Waals surface area contributed by atoms with Crippen LogP contribution in [0.5, 0.6) is 0 Å². The van der Waals surface area contributed by atoms with Gasteiger partial charge in [-0.25, -0.2) is 14.1 Å². The lowest BCUT2D eigenvalue weighted by atomic mass is 9.60. The van der Waals surface area contributed by atoms with E-state index in [-0.39, 0.29) is 23.7 Å². The molecule has 0 bridgehead atoms. The van der Waals surface area contributed by atoms with Crippen LogP contribution in [0, 0.1) is 11.3 Å². The number of nitrogens with one attached hydrogen (secondary N) is 1. The van der Waals surface area contributed by atoms with Gasteiger partial charge >= 0.3 is 15.6 Å². The van der Waals surface area contributed by atoms with E-state index in [9.17, 15) is 18.9 Å². The molecule has 2 aliphatic rings. The Bertz CT molecular complexity index is 1070. The Morgan fingerprint density at radius 1 is 1.30 bits per heavy atom. The van der Waals surface area contributed by atoms with E-state index in [4.69, 9.17) is 30.4 Å². The van der Waals surface area contributed by atoms with Crippen LogP contribution in [0.3, 0.4) is 0 Å². The van der Waals surface area contributed by atoms with Crippen LogP contribution in [0.2, 0.25) is 5.28 Å². The first-order valence-corrected chi connectivity index (χ1v) is 12.4. The van der Waals surface area contributed by atoms with Gasteiger partial charge in [-0.05, 0) is 36.8 Å². The van der Waals surface area contributed by atoms with Crippen molar-refractivity contribution in [1.29, 1.82) is 0 Å². The third-order valence-corrected chi connectivity index (χ3v) is 7.14. The second kappa shape index (κ2) is 7.47. The van der Waals surface area contributed by atoms with Gasteiger partial charge in [-0.1, -0.05) is 0 Å². The molecule has 2 aromatic heterocycles. The quantitative estimate of drug-likeness (QED) is 0.282. The van der Waals surface area contributed by atoms with Gasteiger partial charge in [0, 0.05) is 18.5 Å². The first-order chi connectivity index (χ1) is 13.9. The highest BCUT2D eigenvalue weighted by molar-refractivity contribution is 7.46. The van der Waals surface area contributed by atoms with Gasteiger partial charge in [0.15, 0.2) is 17.0 Å². The fourth-order valence-corrected chi connectivity index (χ4v) is 5.88. The minimum Gasteiger partial charge on any atom is -0.371 e. The molecule has 0 unspecified atom stereocenters. The fourth-order valence-electron chi connectivity index (χ4n) is 4.68. The average molecular weight is 484 g/mol. The van der Waals surface area contributed by atoms with Gasteiger partial charge in [-0.3, -0.25) is 9.05 Å². The number of aromatic nitrogens is 4. The summed E-state index contributed by atoms with van der Waals surface area (Å²) in [6, 6.07) is -0.351. The second-order valence-electron chi connectivity index (χ2n) is 7.45. The van der Waals surface area contributed by atoms with Crippen molar-refractivity contribution in [2.45, 2.75) is 31.4 Å². The molecule has 2 aromatic rings. The van der Waals surface area contributed by atoms with E-state index in [0.29, 0.717) is 29.8 Å². The van der Waals surface area contributed by atoms with E-state index >= 15 is 0 Å². The number of hydrogen-bond donors (Lipinski definition) is 5. The lowest BCUT2D eigenvalue weighted by molar-refractivity contribution is -0.0787. The van der Waals surface area contributed by atoms with Crippen molar-refractivity contribution in [3.05, 3.63) is 11.6 Å². The van der Waals surface area contributed by atoms with Crippen LogP contribution in [-0.2, 0) is 18.2 Å². The van der Waals surface area contributed by atoms with E-state index in [2.05, 4.69) is 20.3 Å². The van der Waals surface area contributed by atoms with E-state index in [0.717, 1.165) is 0 Å². The van der Waals surface area contributed by atoms with Crippen LogP contribution < -0.4 is 5.32 Å². The number of fused-ring (bicyclic) bond motifs is 2. The van der Waals surface area contributed by atoms with Crippen molar-refractivity contribution >= 4 is 44.2 Å². The van der Waals surface area contributed by atoms with Gasteiger partial charge in [0.05, 0.1) is 19.0 Å². The van der Waals surface area contributed by atoms with Crippen LogP contribution in [0.25, 0.3) is 11.2 Å². The van der Waals surface area contributed by atoms with Crippen LogP contribution in [0.4, 0.5) is 5.82 Å². The predicted octanol–water partition coefficient (Wildman–Crippen LogP) is 1.45. The first kappa shape index (κ1) is 22.1. The van der Waals surface area contributed by atoms with Crippen LogP contribution in [-0.4, -0.2) is 58.9 Å². The van der Waals surface area contributed by atoms with Crippen LogP contribution >= 0.6 is 27.2 Å². The molecule has 16 heteroatoms. The summed E-state index contributed by atoms with van der Waals surface area (Å²) in [6.07, 6.45) is 1.81. The molecule has 5 N–H and O–H groups in total. The molecule has 4 atom stereocenters. The van der Waals surface area contributed by atoms with E-state index in [1.807, 2.05) is 0 Å². The molecular formula is C14H20ClN5O8P2. The maximum Gasteiger partial charge on any atom is 0.469 e. The lowest BCUT2D eigenvalue weighted by Gasteiger charge is -2.48. The first-order valence-electron chi connectivity index (χ1n) is 8.95. The summed E-state index contributed by atoms with van der Waals surface area (Å²) in [7, 11) is -7.98. The summed E-state index contributed by atoms with van der Waals surface area (Å²) in [6.45, 7) is -0.396. The van der Waals surface area contributed by atoms with Crippen LogP contribution in [0.1, 0.15) is 25.3 Å². The molecule has 0 spiro atoms. The van der Waals surface area contributed by atoms with Gasteiger partial charge in [-0.2, -0.15) is 9.97 Å². The molecule has 2 aliphatic carbocycles. The van der Waals surface area contributed by atoms with Crippen molar-refractivity contribution < 1.29 is 37.8 Å². The molecule has 4 rings (SSSR count). The number of hydrogen-bond acceptors (Lipinski definition) is 8. The topological polar surface area (TPSA) is 189 Å². The van der Waals surface area contributed by atoms with Crippen molar-refractivity contribution in [2.24, 2.45) is 11.3 Å². The highest BCUT2D eigenvalue weighted by Gasteiger charge is 2.63. The Hall–Kier alpha value is -1.14. The Kier molecular flexibility index (Phi) is 5.50. The SMILES string of the molecule is CNc1nc(Cl)nc2c1ncn2[C@H]1C[C@H](OP(=O)(O)O)[C@]2(COP(=O)(O)O)CC[C@H]12. The number of phosphoric ester groups is 2. The smallest absolute Gasteiger partial charge is 0.371 e. The van der Waals surface area contributed by atoms with E-state index in [1.165, 1.54) is 6.33 Å². The Morgan fingerprint density at radius 3 is 2.60 bits per heavy atom. The molecule has 13 nitrogen and oxygen atoms in total. The molecule has 0 aliphatic heterocycles. The Morgan fingerprint density at radius 2 is 2.03 bits per heavy atom.